The lowest BCUT2D eigenvalue weighted by atomic mass is 9.68. The van der Waals surface area contributed by atoms with Gasteiger partial charge in [0.1, 0.15) is 0 Å². The summed E-state index contributed by atoms with van der Waals surface area (Å²) in [7, 11) is 0. The first-order valence-corrected chi connectivity index (χ1v) is 5.12. The van der Waals surface area contributed by atoms with Gasteiger partial charge in [0, 0.05) is 5.38 Å². The van der Waals surface area contributed by atoms with Gasteiger partial charge in [-0.2, -0.15) is 0 Å². The molecule has 1 rings (SSSR count). The molecule has 66 valence electrons. The maximum atomic E-state index is 6.14. The number of hydrogen-bond acceptors (Lipinski definition) is 0. The lowest BCUT2D eigenvalue weighted by molar-refractivity contribution is 0.137. The van der Waals surface area contributed by atoms with Crippen LogP contribution in [0.5, 0.6) is 0 Å². The Hall–Kier alpha value is 0.290. The molecule has 1 fully saturated rings. The second-order valence-electron chi connectivity index (χ2n) is 4.52. The number of hydrogen-bond donors (Lipinski definition) is 0. The normalized spacial score (nSPS) is 33.3. The molecule has 1 aliphatic carbocycles. The van der Waals surface area contributed by atoms with Crippen LogP contribution >= 0.6 is 11.6 Å². The molecule has 0 saturated heterocycles. The van der Waals surface area contributed by atoms with E-state index in [4.69, 9.17) is 11.6 Å². The Kier molecular flexibility index (Phi) is 2.85. The van der Waals surface area contributed by atoms with Gasteiger partial charge >= 0.3 is 0 Å². The Bertz CT molecular complexity index is 127. The largest absolute Gasteiger partial charge is 0.123 e. The van der Waals surface area contributed by atoms with Crippen molar-refractivity contribution in [1.29, 1.82) is 0 Å². The highest BCUT2D eigenvalue weighted by molar-refractivity contribution is 6.20. The molecule has 0 radical (unpaired) electrons. The smallest absolute Gasteiger partial charge is 0.0341 e. The molecular formula is C10H19Cl. The summed E-state index contributed by atoms with van der Waals surface area (Å²) in [5, 5.41) is 0.352. The molecule has 0 amide bonds. The second-order valence-corrected chi connectivity index (χ2v) is 5.21. The molecule has 11 heavy (non-hydrogen) atoms. The van der Waals surface area contributed by atoms with Crippen molar-refractivity contribution in [2.24, 2.45) is 11.3 Å². The summed E-state index contributed by atoms with van der Waals surface area (Å²) >= 11 is 6.14. The van der Waals surface area contributed by atoms with E-state index in [0.29, 0.717) is 10.8 Å². The average Bonchev–Trinajstić information content (AvgIpc) is 1.85. The fourth-order valence-electron chi connectivity index (χ4n) is 2.37. The molecule has 0 aromatic rings. The summed E-state index contributed by atoms with van der Waals surface area (Å²) in [5.41, 5.74) is 0.486. The lowest BCUT2D eigenvalue weighted by Crippen LogP contribution is -2.32. The first kappa shape index (κ1) is 9.38. The molecule has 0 bridgehead atoms. The summed E-state index contributed by atoms with van der Waals surface area (Å²) in [6.07, 6.45) is 5.46. The monoisotopic (exact) mass is 174 g/mol. The summed E-state index contributed by atoms with van der Waals surface area (Å²) < 4.78 is 0. The van der Waals surface area contributed by atoms with Gasteiger partial charge in [0.25, 0.3) is 0 Å². The molecule has 0 nitrogen and oxygen atoms in total. The van der Waals surface area contributed by atoms with E-state index in [1.165, 1.54) is 25.7 Å². The van der Waals surface area contributed by atoms with E-state index < -0.39 is 0 Å². The van der Waals surface area contributed by atoms with Crippen LogP contribution in [0.25, 0.3) is 0 Å². The van der Waals surface area contributed by atoms with E-state index in [9.17, 15) is 0 Å². The summed E-state index contributed by atoms with van der Waals surface area (Å²) in [5.74, 6) is 0.734. The van der Waals surface area contributed by atoms with Gasteiger partial charge in [-0.1, -0.05) is 26.7 Å². The molecule has 0 spiro atoms. The highest BCUT2D eigenvalue weighted by atomic mass is 35.5. The van der Waals surface area contributed by atoms with Gasteiger partial charge < -0.3 is 0 Å². The van der Waals surface area contributed by atoms with Crippen LogP contribution in [0.2, 0.25) is 0 Å². The molecule has 0 heterocycles. The third-order valence-corrected chi connectivity index (χ3v) is 3.45. The van der Waals surface area contributed by atoms with Crippen molar-refractivity contribution < 1.29 is 0 Å². The summed E-state index contributed by atoms with van der Waals surface area (Å²) in [6.45, 7) is 6.85. The van der Waals surface area contributed by atoms with Gasteiger partial charge in [0.2, 0.25) is 0 Å². The predicted octanol–water partition coefficient (Wildman–Crippen LogP) is 3.83. The Morgan fingerprint density at radius 3 is 2.36 bits per heavy atom. The second kappa shape index (κ2) is 3.35. The molecule has 2 unspecified atom stereocenters. The molecule has 0 aliphatic heterocycles. The van der Waals surface area contributed by atoms with Gasteiger partial charge in [-0.15, -0.1) is 11.6 Å². The number of halogens is 1. The molecule has 1 heteroatoms. The third kappa shape index (κ3) is 2.11. The van der Waals surface area contributed by atoms with Crippen molar-refractivity contribution in [3.05, 3.63) is 0 Å². The molecule has 0 aromatic heterocycles. The van der Waals surface area contributed by atoms with Gasteiger partial charge in [0.05, 0.1) is 0 Å². The van der Waals surface area contributed by atoms with E-state index in [0.717, 1.165) is 5.92 Å². The lowest BCUT2D eigenvalue weighted by Gasteiger charge is -2.40. The van der Waals surface area contributed by atoms with Crippen LogP contribution in [0.1, 0.15) is 46.5 Å². The van der Waals surface area contributed by atoms with E-state index in [1.54, 1.807) is 0 Å². The first-order valence-electron chi connectivity index (χ1n) is 4.68. The topological polar surface area (TPSA) is 0 Å². The molecule has 1 saturated carbocycles. The number of alkyl halides is 1. The van der Waals surface area contributed by atoms with Crippen LogP contribution in [0.4, 0.5) is 0 Å². The molecule has 0 aromatic carbocycles. The minimum absolute atomic E-state index is 0.352. The zero-order valence-corrected chi connectivity index (χ0v) is 8.62. The van der Waals surface area contributed by atoms with Crippen LogP contribution < -0.4 is 0 Å². The van der Waals surface area contributed by atoms with Gasteiger partial charge in [-0.05, 0) is 31.1 Å². The van der Waals surface area contributed by atoms with Crippen molar-refractivity contribution >= 4 is 11.6 Å². The van der Waals surface area contributed by atoms with Crippen LogP contribution in [0, 0.1) is 11.3 Å². The van der Waals surface area contributed by atoms with E-state index in [-0.39, 0.29) is 0 Å². The SMILES string of the molecule is CC(Cl)C1CCCCC1(C)C. The van der Waals surface area contributed by atoms with Crippen LogP contribution in [0.3, 0.4) is 0 Å². The molecule has 2 atom stereocenters. The highest BCUT2D eigenvalue weighted by Crippen LogP contribution is 2.43. The van der Waals surface area contributed by atoms with E-state index in [1.807, 2.05) is 0 Å². The quantitative estimate of drug-likeness (QED) is 0.530. The summed E-state index contributed by atoms with van der Waals surface area (Å²) in [4.78, 5) is 0. The van der Waals surface area contributed by atoms with Gasteiger partial charge in [-0.3, -0.25) is 0 Å². The van der Waals surface area contributed by atoms with Crippen molar-refractivity contribution in [3.63, 3.8) is 0 Å². The Morgan fingerprint density at radius 1 is 1.36 bits per heavy atom. The van der Waals surface area contributed by atoms with Crippen molar-refractivity contribution in [2.45, 2.75) is 51.8 Å². The van der Waals surface area contributed by atoms with Crippen LogP contribution in [-0.4, -0.2) is 5.38 Å². The zero-order valence-electron chi connectivity index (χ0n) is 7.86. The standard InChI is InChI=1S/C10H19Cl/c1-8(11)9-6-4-5-7-10(9,2)3/h8-9H,4-7H2,1-3H3. The minimum atomic E-state index is 0.352. The number of rotatable bonds is 1. The third-order valence-electron chi connectivity index (χ3n) is 3.14. The van der Waals surface area contributed by atoms with Crippen LogP contribution in [0.15, 0.2) is 0 Å². The zero-order chi connectivity index (χ0) is 8.48. The maximum absolute atomic E-state index is 6.14. The predicted molar refractivity (Wildman–Crippen MR) is 51.1 cm³/mol. The fourth-order valence-corrected chi connectivity index (χ4v) is 2.84. The average molecular weight is 175 g/mol. The Balaban J connectivity index is 2.60. The fraction of sp³-hybridized carbons (Fsp3) is 1.00. The molecular weight excluding hydrogens is 156 g/mol. The van der Waals surface area contributed by atoms with E-state index in [2.05, 4.69) is 20.8 Å². The van der Waals surface area contributed by atoms with Crippen molar-refractivity contribution in [3.8, 4) is 0 Å². The van der Waals surface area contributed by atoms with E-state index >= 15 is 0 Å². The van der Waals surface area contributed by atoms with Gasteiger partial charge in [0.15, 0.2) is 0 Å². The molecule has 1 aliphatic rings. The molecule has 0 N–H and O–H groups in total. The van der Waals surface area contributed by atoms with Crippen LogP contribution in [-0.2, 0) is 0 Å². The maximum Gasteiger partial charge on any atom is 0.0341 e. The minimum Gasteiger partial charge on any atom is -0.123 e. The van der Waals surface area contributed by atoms with Crippen molar-refractivity contribution in [1.82, 2.24) is 0 Å². The van der Waals surface area contributed by atoms with Crippen molar-refractivity contribution in [2.75, 3.05) is 0 Å². The Labute approximate surface area is 75.3 Å². The highest BCUT2D eigenvalue weighted by Gasteiger charge is 2.34. The first-order chi connectivity index (χ1) is 5.04. The Morgan fingerprint density at radius 2 is 2.00 bits per heavy atom. The summed E-state index contributed by atoms with van der Waals surface area (Å²) in [6, 6.07) is 0. The van der Waals surface area contributed by atoms with Gasteiger partial charge in [-0.25, -0.2) is 0 Å².